The minimum absolute atomic E-state index is 0.0689. The predicted octanol–water partition coefficient (Wildman–Crippen LogP) is 6.39. The highest BCUT2D eigenvalue weighted by molar-refractivity contribution is 6.32. The third kappa shape index (κ3) is 5.33. The summed E-state index contributed by atoms with van der Waals surface area (Å²) in [6, 6.07) is 11.8. The summed E-state index contributed by atoms with van der Waals surface area (Å²) in [7, 11) is 1.40. The van der Waals surface area contributed by atoms with Crippen LogP contribution >= 0.6 is 11.6 Å². The number of ether oxygens (including phenoxy) is 3. The summed E-state index contributed by atoms with van der Waals surface area (Å²) >= 11 is 5.72. The molecule has 1 heterocycles. The maximum absolute atomic E-state index is 13.8. The molecule has 190 valence electrons. The number of nitro groups is 1. The zero-order chi connectivity index (χ0) is 26.9. The Labute approximate surface area is 209 Å². The maximum Gasteiger partial charge on any atom is 0.453 e. The van der Waals surface area contributed by atoms with Crippen molar-refractivity contribution in [3.8, 4) is 23.0 Å². The first kappa shape index (κ1) is 25.5. The van der Waals surface area contributed by atoms with E-state index in [4.69, 9.17) is 30.2 Å². The number of halogens is 4. The molecule has 0 saturated heterocycles. The van der Waals surface area contributed by atoms with Crippen molar-refractivity contribution in [3.63, 3.8) is 0 Å². The molecule has 0 amide bonds. The first-order valence-electron chi connectivity index (χ1n) is 10.1. The van der Waals surface area contributed by atoms with Gasteiger partial charge in [-0.15, -0.1) is 0 Å². The quantitative estimate of drug-likeness (QED) is 0.120. The molecule has 3 aromatic carbocycles. The zero-order valence-corrected chi connectivity index (χ0v) is 19.3. The number of benzene rings is 3. The first-order valence-corrected chi connectivity index (χ1v) is 10.5. The summed E-state index contributed by atoms with van der Waals surface area (Å²) in [4.78, 5) is 35.6. The van der Waals surface area contributed by atoms with Gasteiger partial charge >= 0.3 is 12.1 Å². The molecule has 0 saturated carbocycles. The van der Waals surface area contributed by atoms with E-state index >= 15 is 0 Å². The van der Waals surface area contributed by atoms with Crippen molar-refractivity contribution in [1.29, 1.82) is 0 Å². The van der Waals surface area contributed by atoms with Crippen molar-refractivity contribution < 1.29 is 41.5 Å². The molecule has 0 aliphatic carbocycles. The van der Waals surface area contributed by atoms with E-state index in [9.17, 15) is 32.9 Å². The Kier molecular flexibility index (Phi) is 6.77. The molecule has 0 aliphatic heterocycles. The minimum atomic E-state index is -5.11. The molecule has 4 rings (SSSR count). The Morgan fingerprint density at radius 1 is 1.00 bits per heavy atom. The van der Waals surface area contributed by atoms with Gasteiger partial charge < -0.3 is 18.6 Å². The molecule has 0 fully saturated rings. The van der Waals surface area contributed by atoms with Crippen LogP contribution in [0.5, 0.6) is 23.0 Å². The molecule has 0 atom stereocenters. The fourth-order valence-corrected chi connectivity index (χ4v) is 3.39. The molecule has 37 heavy (non-hydrogen) atoms. The second-order valence-corrected chi connectivity index (χ2v) is 7.74. The molecule has 0 aliphatic rings. The lowest BCUT2D eigenvalue weighted by atomic mass is 10.2. The summed E-state index contributed by atoms with van der Waals surface area (Å²) in [6.07, 6.45) is -5.11. The Bertz CT molecular complexity index is 1580. The van der Waals surface area contributed by atoms with Gasteiger partial charge in [0.05, 0.1) is 23.0 Å². The number of hydrogen-bond acceptors (Lipinski definition) is 8. The minimum Gasteiger partial charge on any atom is -0.497 e. The van der Waals surface area contributed by atoms with Gasteiger partial charge in [-0.3, -0.25) is 14.9 Å². The summed E-state index contributed by atoms with van der Waals surface area (Å²) in [5, 5.41) is 10.6. The van der Waals surface area contributed by atoms with Crippen molar-refractivity contribution in [3.05, 3.63) is 97.3 Å². The summed E-state index contributed by atoms with van der Waals surface area (Å²) in [6.45, 7) is 0. The third-order valence-corrected chi connectivity index (χ3v) is 5.27. The standard InChI is InChI=1S/C24H13ClF3NO8/c1-34-13-3-5-14(6-4-13)35-21-20(30)16-8-7-15(11-19(16)37-22(21)24(26,27)28)36-23(31)12-2-9-17(25)18(10-12)29(32)33/h2-11H,1H3. The van der Waals surface area contributed by atoms with Crippen LogP contribution in [0, 0.1) is 10.1 Å². The summed E-state index contributed by atoms with van der Waals surface area (Å²) in [5.74, 6) is -3.77. The SMILES string of the molecule is COc1ccc(Oc2c(C(F)(F)F)oc3cc(OC(=O)c4ccc(Cl)c([N+](=O)[O-])c4)ccc3c2=O)cc1. The van der Waals surface area contributed by atoms with E-state index < -0.39 is 45.3 Å². The Morgan fingerprint density at radius 2 is 1.65 bits per heavy atom. The first-order chi connectivity index (χ1) is 17.5. The summed E-state index contributed by atoms with van der Waals surface area (Å²) in [5.41, 5.74) is -2.43. The fraction of sp³-hybridized carbons (Fsp3) is 0.0833. The van der Waals surface area contributed by atoms with Crippen molar-refractivity contribution in [2.75, 3.05) is 7.11 Å². The van der Waals surface area contributed by atoms with Gasteiger partial charge in [-0.25, -0.2) is 4.79 Å². The van der Waals surface area contributed by atoms with Crippen LogP contribution in [-0.4, -0.2) is 18.0 Å². The van der Waals surface area contributed by atoms with Crippen LogP contribution in [0.3, 0.4) is 0 Å². The molecule has 0 N–H and O–H groups in total. The van der Waals surface area contributed by atoms with Crippen LogP contribution in [0.15, 0.2) is 69.9 Å². The predicted molar refractivity (Wildman–Crippen MR) is 124 cm³/mol. The Morgan fingerprint density at radius 3 is 2.27 bits per heavy atom. The molecule has 9 nitrogen and oxygen atoms in total. The number of nitro benzene ring substituents is 1. The van der Waals surface area contributed by atoms with E-state index in [-0.39, 0.29) is 27.5 Å². The van der Waals surface area contributed by atoms with E-state index in [1.54, 1.807) is 0 Å². The average Bonchev–Trinajstić information content (AvgIpc) is 2.85. The van der Waals surface area contributed by atoms with Crippen molar-refractivity contribution in [1.82, 2.24) is 0 Å². The lowest BCUT2D eigenvalue weighted by Gasteiger charge is -2.14. The second kappa shape index (κ2) is 9.82. The molecule has 0 unspecified atom stereocenters. The largest absolute Gasteiger partial charge is 0.497 e. The van der Waals surface area contributed by atoms with Gasteiger partial charge in [0.15, 0.2) is 0 Å². The number of methoxy groups -OCH3 is 1. The molecule has 4 aromatic rings. The molecule has 1 aromatic heterocycles. The van der Waals surface area contributed by atoms with Crippen LogP contribution in [-0.2, 0) is 6.18 Å². The average molecular weight is 536 g/mol. The lowest BCUT2D eigenvalue weighted by molar-refractivity contribution is -0.384. The molecular weight excluding hydrogens is 523 g/mol. The van der Waals surface area contributed by atoms with E-state index in [2.05, 4.69) is 0 Å². The van der Waals surface area contributed by atoms with E-state index in [1.807, 2.05) is 0 Å². The number of nitrogens with zero attached hydrogens (tertiary/aromatic N) is 1. The highest BCUT2D eigenvalue weighted by atomic mass is 35.5. The van der Waals surface area contributed by atoms with Crippen LogP contribution in [0.2, 0.25) is 5.02 Å². The topological polar surface area (TPSA) is 118 Å². The van der Waals surface area contributed by atoms with Gasteiger partial charge in [-0.2, -0.15) is 13.2 Å². The molecule has 0 radical (unpaired) electrons. The van der Waals surface area contributed by atoms with Crippen molar-refractivity contribution in [2.24, 2.45) is 0 Å². The van der Waals surface area contributed by atoms with Crippen LogP contribution < -0.4 is 19.6 Å². The van der Waals surface area contributed by atoms with Gasteiger partial charge in [0, 0.05) is 12.1 Å². The number of carbonyl (C=O) groups excluding carboxylic acids is 1. The number of fused-ring (bicyclic) bond motifs is 1. The molecular formula is C24H13ClF3NO8. The van der Waals surface area contributed by atoms with E-state index in [1.165, 1.54) is 37.4 Å². The monoisotopic (exact) mass is 535 g/mol. The van der Waals surface area contributed by atoms with Crippen LogP contribution in [0.4, 0.5) is 18.9 Å². The summed E-state index contributed by atoms with van der Waals surface area (Å²) < 4.78 is 61.6. The van der Waals surface area contributed by atoms with Crippen LogP contribution in [0.25, 0.3) is 11.0 Å². The third-order valence-electron chi connectivity index (χ3n) is 4.95. The normalized spacial score (nSPS) is 11.3. The second-order valence-electron chi connectivity index (χ2n) is 7.34. The molecule has 0 bridgehead atoms. The molecule has 0 spiro atoms. The van der Waals surface area contributed by atoms with Gasteiger partial charge in [-0.05, 0) is 48.5 Å². The Balaban J connectivity index is 1.71. The number of esters is 1. The van der Waals surface area contributed by atoms with Gasteiger partial charge in [0.1, 0.15) is 27.9 Å². The van der Waals surface area contributed by atoms with Crippen molar-refractivity contribution in [2.45, 2.75) is 6.18 Å². The van der Waals surface area contributed by atoms with Crippen molar-refractivity contribution >= 4 is 34.2 Å². The van der Waals surface area contributed by atoms with E-state index in [0.29, 0.717) is 5.75 Å². The number of rotatable bonds is 6. The number of alkyl halides is 3. The number of hydrogen-bond donors (Lipinski definition) is 0. The van der Waals surface area contributed by atoms with Gasteiger partial charge in [0.2, 0.25) is 11.2 Å². The number of carbonyl (C=O) groups is 1. The highest BCUT2D eigenvalue weighted by Crippen LogP contribution is 2.39. The zero-order valence-electron chi connectivity index (χ0n) is 18.5. The molecule has 13 heteroatoms. The van der Waals surface area contributed by atoms with Gasteiger partial charge in [-0.1, -0.05) is 11.6 Å². The maximum atomic E-state index is 13.8. The lowest BCUT2D eigenvalue weighted by Crippen LogP contribution is -2.15. The smallest absolute Gasteiger partial charge is 0.453 e. The highest BCUT2D eigenvalue weighted by Gasteiger charge is 2.40. The fourth-order valence-electron chi connectivity index (χ4n) is 3.21. The van der Waals surface area contributed by atoms with Crippen LogP contribution in [0.1, 0.15) is 16.1 Å². The van der Waals surface area contributed by atoms with E-state index in [0.717, 1.165) is 30.3 Å². The Hall–Kier alpha value is -4.58. The van der Waals surface area contributed by atoms with Gasteiger partial charge in [0.25, 0.3) is 11.4 Å².